The first kappa shape index (κ1) is 23.0. The molecule has 2 aromatic carbocycles. The molecular weight excluding hydrogens is 466 g/mol. The summed E-state index contributed by atoms with van der Waals surface area (Å²) in [4.78, 5) is 51.5. The number of benzene rings is 2. The molecule has 11 heteroatoms. The first-order valence-electron chi connectivity index (χ1n) is 11.1. The average Bonchev–Trinajstić information content (AvgIpc) is 3.23. The lowest BCUT2D eigenvalue weighted by molar-refractivity contribution is -0.161. The van der Waals surface area contributed by atoms with Gasteiger partial charge in [-0.3, -0.25) is 19.2 Å². The molecule has 3 heterocycles. The number of carbonyl (C=O) groups excluding carboxylic acids is 3. The maximum Gasteiger partial charge on any atom is 0.271 e. The molecule has 182 valence electrons. The summed E-state index contributed by atoms with van der Waals surface area (Å²) in [5.41, 5.74) is 0.777. The van der Waals surface area contributed by atoms with Crippen LogP contribution in [0.2, 0.25) is 0 Å². The van der Waals surface area contributed by atoms with Gasteiger partial charge in [-0.15, -0.1) is 0 Å². The number of nitrogens with zero attached hydrogens (tertiary/aromatic N) is 3. The van der Waals surface area contributed by atoms with Crippen molar-refractivity contribution in [2.45, 2.75) is 6.04 Å². The predicted molar refractivity (Wildman–Crippen MR) is 128 cm³/mol. The van der Waals surface area contributed by atoms with Crippen molar-refractivity contribution in [1.29, 1.82) is 0 Å². The minimum Gasteiger partial charge on any atom is -0.506 e. The van der Waals surface area contributed by atoms with Gasteiger partial charge in [-0.1, -0.05) is 36.4 Å². The summed E-state index contributed by atoms with van der Waals surface area (Å²) >= 11 is 0. The van der Waals surface area contributed by atoms with Crippen molar-refractivity contribution >= 4 is 39.5 Å². The molecule has 0 unspecified atom stereocenters. The molecule has 1 atom stereocenters. The van der Waals surface area contributed by atoms with E-state index in [4.69, 9.17) is 4.84 Å². The summed E-state index contributed by atoms with van der Waals surface area (Å²) in [7, 11) is 0. The van der Waals surface area contributed by atoms with E-state index < -0.39 is 23.8 Å². The Bertz CT molecular complexity index is 1510. The topological polar surface area (TPSA) is 154 Å². The van der Waals surface area contributed by atoms with Gasteiger partial charge in [-0.05, 0) is 24.3 Å². The first-order valence-corrected chi connectivity index (χ1v) is 11.1. The van der Waals surface area contributed by atoms with E-state index in [0.717, 1.165) is 5.06 Å². The zero-order valence-electron chi connectivity index (χ0n) is 18.8. The van der Waals surface area contributed by atoms with Gasteiger partial charge in [0.05, 0.1) is 6.54 Å². The Morgan fingerprint density at radius 3 is 2.08 bits per heavy atom. The summed E-state index contributed by atoms with van der Waals surface area (Å²) in [5, 5.41) is 27.6. The van der Waals surface area contributed by atoms with Crippen LogP contribution >= 0.6 is 0 Å². The average molecular weight is 487 g/mol. The van der Waals surface area contributed by atoms with Crippen LogP contribution in [0.3, 0.4) is 0 Å². The van der Waals surface area contributed by atoms with Crippen LogP contribution in [0.4, 0.5) is 0 Å². The van der Waals surface area contributed by atoms with Gasteiger partial charge in [-0.25, -0.2) is 15.0 Å². The largest absolute Gasteiger partial charge is 0.506 e. The molecule has 0 saturated carbocycles. The summed E-state index contributed by atoms with van der Waals surface area (Å²) in [5.74, 6) is -1.59. The number of phenolic OH excluding ortho intramolecular Hbond substituents is 2. The minimum atomic E-state index is -0.916. The van der Waals surface area contributed by atoms with Crippen molar-refractivity contribution < 1.29 is 29.4 Å². The maximum absolute atomic E-state index is 12.6. The zero-order valence-corrected chi connectivity index (χ0v) is 18.8. The van der Waals surface area contributed by atoms with E-state index in [0.29, 0.717) is 16.3 Å². The fourth-order valence-corrected chi connectivity index (χ4v) is 3.86. The lowest BCUT2D eigenvalue weighted by Crippen LogP contribution is -2.44. The Labute approximate surface area is 204 Å². The van der Waals surface area contributed by atoms with Crippen LogP contribution in [-0.2, 0) is 9.63 Å². The van der Waals surface area contributed by atoms with Crippen molar-refractivity contribution in [1.82, 2.24) is 25.7 Å². The van der Waals surface area contributed by atoms with E-state index >= 15 is 0 Å². The third-order valence-electron chi connectivity index (χ3n) is 5.71. The molecule has 0 radical (unpaired) electrons. The summed E-state index contributed by atoms with van der Waals surface area (Å²) in [6.07, 6.45) is 0. The number of hydrogen-bond donors (Lipinski definition) is 4. The Kier molecular flexibility index (Phi) is 6.05. The van der Waals surface area contributed by atoms with E-state index in [9.17, 15) is 24.6 Å². The Morgan fingerprint density at radius 2 is 1.47 bits per heavy atom. The standard InChI is InChI=1S/C25H21N5O6/c31-19-5-1-3-14-7-9-16(27-21(14)19)23(33)26-11-12-30-25(35)18(13-36-30)29-24(34)17-10-8-15-4-2-6-20(32)22(15)28-17/h1-10,18,31-32H,11-13H2,(H,26,33)(H,29,34)/t18-/m1/s1. The van der Waals surface area contributed by atoms with Crippen molar-refractivity contribution in [3.05, 3.63) is 72.1 Å². The molecule has 5 rings (SSSR count). The van der Waals surface area contributed by atoms with Crippen molar-refractivity contribution in [2.75, 3.05) is 19.7 Å². The number of rotatable bonds is 6. The molecule has 0 aliphatic carbocycles. The van der Waals surface area contributed by atoms with Crippen LogP contribution in [-0.4, -0.2) is 68.7 Å². The van der Waals surface area contributed by atoms with E-state index in [1.807, 2.05) is 0 Å². The molecule has 36 heavy (non-hydrogen) atoms. The molecule has 2 aromatic heterocycles. The summed E-state index contributed by atoms with van der Waals surface area (Å²) in [6, 6.07) is 15.3. The number of hydroxylamine groups is 2. The van der Waals surface area contributed by atoms with Gasteiger partial charge >= 0.3 is 0 Å². The van der Waals surface area contributed by atoms with E-state index in [1.165, 1.54) is 18.2 Å². The van der Waals surface area contributed by atoms with Crippen LogP contribution in [0.5, 0.6) is 11.5 Å². The lowest BCUT2D eigenvalue weighted by Gasteiger charge is -2.15. The monoisotopic (exact) mass is 487 g/mol. The number of pyridine rings is 2. The lowest BCUT2D eigenvalue weighted by atomic mass is 10.2. The Balaban J connectivity index is 1.15. The van der Waals surface area contributed by atoms with Crippen molar-refractivity contribution in [2.24, 2.45) is 0 Å². The number of aromatic nitrogens is 2. The first-order chi connectivity index (χ1) is 17.4. The normalized spacial score (nSPS) is 15.4. The van der Waals surface area contributed by atoms with Crippen LogP contribution in [0.1, 0.15) is 21.0 Å². The van der Waals surface area contributed by atoms with Crippen molar-refractivity contribution in [3.63, 3.8) is 0 Å². The molecule has 4 aromatic rings. The fraction of sp³-hybridized carbons (Fsp3) is 0.160. The Morgan fingerprint density at radius 1 is 0.889 bits per heavy atom. The van der Waals surface area contributed by atoms with E-state index in [2.05, 4.69) is 20.6 Å². The van der Waals surface area contributed by atoms with Crippen LogP contribution in [0.15, 0.2) is 60.7 Å². The molecule has 1 aliphatic rings. The molecule has 1 saturated heterocycles. The number of fused-ring (bicyclic) bond motifs is 2. The van der Waals surface area contributed by atoms with E-state index in [-0.39, 0.29) is 48.1 Å². The second-order valence-electron chi connectivity index (χ2n) is 8.11. The summed E-state index contributed by atoms with van der Waals surface area (Å²) < 4.78 is 0. The van der Waals surface area contributed by atoms with Gasteiger partial charge in [-0.2, -0.15) is 0 Å². The third kappa shape index (κ3) is 4.46. The SMILES string of the molecule is O=C(NCCN1OC[C@@H](NC(=O)c2ccc3cccc(O)c3n2)C1=O)c1ccc2cccc(O)c2n1. The number of aromatic hydroxyl groups is 2. The minimum absolute atomic E-state index is 0.0259. The highest BCUT2D eigenvalue weighted by Crippen LogP contribution is 2.23. The zero-order chi connectivity index (χ0) is 25.2. The highest BCUT2D eigenvalue weighted by molar-refractivity contribution is 5.99. The van der Waals surface area contributed by atoms with Gasteiger partial charge in [0.1, 0.15) is 46.6 Å². The fourth-order valence-electron chi connectivity index (χ4n) is 3.86. The van der Waals surface area contributed by atoms with Gasteiger partial charge in [0, 0.05) is 17.3 Å². The summed E-state index contributed by atoms with van der Waals surface area (Å²) in [6.45, 7) is 0.0674. The second kappa shape index (κ2) is 9.47. The number of hydrogen-bond acceptors (Lipinski definition) is 8. The molecule has 1 fully saturated rings. The smallest absolute Gasteiger partial charge is 0.271 e. The highest BCUT2D eigenvalue weighted by Gasteiger charge is 2.34. The predicted octanol–water partition coefficient (Wildman–Crippen LogP) is 1.50. The second-order valence-corrected chi connectivity index (χ2v) is 8.11. The number of carbonyl (C=O) groups is 3. The third-order valence-corrected chi connectivity index (χ3v) is 5.71. The number of nitrogens with one attached hydrogen (secondary N) is 2. The molecular formula is C25H21N5O6. The Hall–Kier alpha value is -4.77. The quantitative estimate of drug-likeness (QED) is 0.319. The van der Waals surface area contributed by atoms with Crippen molar-refractivity contribution in [3.8, 4) is 11.5 Å². The molecule has 0 spiro atoms. The molecule has 0 bridgehead atoms. The number of para-hydroxylation sites is 2. The van der Waals surface area contributed by atoms with Crippen LogP contribution in [0, 0.1) is 0 Å². The molecule has 3 amide bonds. The molecule has 4 N–H and O–H groups in total. The van der Waals surface area contributed by atoms with E-state index in [1.54, 1.807) is 42.5 Å². The molecule has 1 aliphatic heterocycles. The van der Waals surface area contributed by atoms with Gasteiger partial charge in [0.2, 0.25) is 0 Å². The van der Waals surface area contributed by atoms with Crippen LogP contribution in [0.25, 0.3) is 21.8 Å². The highest BCUT2D eigenvalue weighted by atomic mass is 16.7. The number of phenols is 2. The van der Waals surface area contributed by atoms with Gasteiger partial charge in [0.15, 0.2) is 0 Å². The van der Waals surface area contributed by atoms with Gasteiger partial charge < -0.3 is 20.8 Å². The number of amides is 3. The molecule has 11 nitrogen and oxygen atoms in total. The van der Waals surface area contributed by atoms with Crippen LogP contribution < -0.4 is 10.6 Å². The van der Waals surface area contributed by atoms with Gasteiger partial charge in [0.25, 0.3) is 17.7 Å². The maximum atomic E-state index is 12.6.